The van der Waals surface area contributed by atoms with E-state index >= 15 is 0 Å². The van der Waals surface area contributed by atoms with Crippen LogP contribution in [0.15, 0.2) is 27.6 Å². The summed E-state index contributed by atoms with van der Waals surface area (Å²) in [4.78, 5) is 0.286. The van der Waals surface area contributed by atoms with Gasteiger partial charge in [-0.25, -0.2) is 12.7 Å². The zero-order valence-electron chi connectivity index (χ0n) is 12.2. The van der Waals surface area contributed by atoms with Crippen molar-refractivity contribution in [3.8, 4) is 0 Å². The van der Waals surface area contributed by atoms with Gasteiger partial charge in [-0.15, -0.1) is 12.4 Å². The van der Waals surface area contributed by atoms with E-state index in [4.69, 9.17) is 5.73 Å². The zero-order chi connectivity index (χ0) is 14.8. The summed E-state index contributed by atoms with van der Waals surface area (Å²) in [6, 6.07) is 5.22. The Kier molecular flexibility index (Phi) is 7.17. The van der Waals surface area contributed by atoms with Crippen LogP contribution in [0.4, 0.5) is 0 Å². The molecular formula is C13H22BrClN2O2S. The van der Waals surface area contributed by atoms with E-state index in [1.165, 1.54) is 4.31 Å². The molecular weight excluding hydrogens is 364 g/mol. The fourth-order valence-electron chi connectivity index (χ4n) is 1.74. The van der Waals surface area contributed by atoms with E-state index in [9.17, 15) is 8.42 Å². The Hall–Kier alpha value is -0.140. The quantitative estimate of drug-likeness (QED) is 0.847. The molecule has 0 atom stereocenters. The number of rotatable bonds is 5. The normalized spacial score (nSPS) is 12.3. The fourth-order valence-corrected chi connectivity index (χ4v) is 4.24. The van der Waals surface area contributed by atoms with E-state index in [1.54, 1.807) is 25.2 Å². The third kappa shape index (κ3) is 4.70. The van der Waals surface area contributed by atoms with Gasteiger partial charge in [0.25, 0.3) is 0 Å². The van der Waals surface area contributed by atoms with Crippen LogP contribution in [0.5, 0.6) is 0 Å². The van der Waals surface area contributed by atoms with Gasteiger partial charge in [0.1, 0.15) is 0 Å². The van der Waals surface area contributed by atoms with Gasteiger partial charge >= 0.3 is 0 Å². The number of aryl methyl sites for hydroxylation is 1. The van der Waals surface area contributed by atoms with E-state index in [-0.39, 0.29) is 22.7 Å². The molecule has 0 heterocycles. The van der Waals surface area contributed by atoms with Crippen molar-refractivity contribution >= 4 is 38.4 Å². The number of sulfonamides is 1. The van der Waals surface area contributed by atoms with Crippen LogP contribution in [0.3, 0.4) is 0 Å². The average Bonchev–Trinajstić information content (AvgIpc) is 2.27. The minimum atomic E-state index is -3.50. The van der Waals surface area contributed by atoms with Gasteiger partial charge in [0.05, 0.1) is 4.90 Å². The number of nitrogens with zero attached hydrogens (tertiary/aromatic N) is 1. The lowest BCUT2D eigenvalue weighted by Gasteiger charge is -2.28. The van der Waals surface area contributed by atoms with Crippen LogP contribution < -0.4 is 5.73 Å². The van der Waals surface area contributed by atoms with Crippen molar-refractivity contribution in [3.05, 3.63) is 28.2 Å². The van der Waals surface area contributed by atoms with Crippen molar-refractivity contribution in [2.75, 3.05) is 20.1 Å². The third-order valence-corrected chi connectivity index (χ3v) is 5.76. The summed E-state index contributed by atoms with van der Waals surface area (Å²) in [6.45, 7) is 6.63. The third-order valence-electron chi connectivity index (χ3n) is 2.98. The summed E-state index contributed by atoms with van der Waals surface area (Å²) >= 11 is 3.32. The van der Waals surface area contributed by atoms with E-state index in [0.717, 1.165) is 5.56 Å². The number of hydrogen-bond acceptors (Lipinski definition) is 3. The van der Waals surface area contributed by atoms with Gasteiger partial charge < -0.3 is 5.73 Å². The van der Waals surface area contributed by atoms with E-state index in [2.05, 4.69) is 15.9 Å². The average molecular weight is 386 g/mol. The van der Waals surface area contributed by atoms with Crippen molar-refractivity contribution in [3.63, 3.8) is 0 Å². The highest BCUT2D eigenvalue weighted by Crippen LogP contribution is 2.27. The first-order valence-electron chi connectivity index (χ1n) is 6.03. The van der Waals surface area contributed by atoms with Gasteiger partial charge in [-0.05, 0) is 52.5 Å². The molecule has 0 aromatic heterocycles. The van der Waals surface area contributed by atoms with Gasteiger partial charge in [0, 0.05) is 18.1 Å². The van der Waals surface area contributed by atoms with E-state index in [0.29, 0.717) is 17.6 Å². The Labute approximate surface area is 136 Å². The Morgan fingerprint density at radius 1 is 1.35 bits per heavy atom. The number of benzene rings is 1. The lowest BCUT2D eigenvalue weighted by Crippen LogP contribution is -2.39. The maximum absolute atomic E-state index is 12.5. The lowest BCUT2D eigenvalue weighted by atomic mass is 9.94. The molecule has 1 aromatic carbocycles. The zero-order valence-corrected chi connectivity index (χ0v) is 15.4. The van der Waals surface area contributed by atoms with Crippen molar-refractivity contribution in [1.82, 2.24) is 4.31 Å². The predicted molar refractivity (Wildman–Crippen MR) is 88.8 cm³/mol. The Morgan fingerprint density at radius 2 is 1.90 bits per heavy atom. The Balaban J connectivity index is 0.00000361. The molecule has 0 saturated carbocycles. The SMILES string of the molecule is Cc1ccc(S(=O)(=O)N(C)CC(C)(C)CN)c(Br)c1.Cl. The maximum atomic E-state index is 12.5. The minimum Gasteiger partial charge on any atom is -0.330 e. The van der Waals surface area contributed by atoms with Crippen LogP contribution >= 0.6 is 28.3 Å². The number of hydrogen-bond donors (Lipinski definition) is 1. The monoisotopic (exact) mass is 384 g/mol. The lowest BCUT2D eigenvalue weighted by molar-refractivity contribution is 0.292. The molecule has 7 heteroatoms. The first-order chi connectivity index (χ1) is 8.60. The first-order valence-corrected chi connectivity index (χ1v) is 8.26. The summed E-state index contributed by atoms with van der Waals surface area (Å²) in [5.41, 5.74) is 6.41. The second-order valence-corrected chi connectivity index (χ2v) is 8.43. The molecule has 0 bridgehead atoms. The molecule has 4 nitrogen and oxygen atoms in total. The van der Waals surface area contributed by atoms with Crippen LogP contribution in [0, 0.1) is 12.3 Å². The van der Waals surface area contributed by atoms with Gasteiger partial charge in [0.15, 0.2) is 0 Å². The summed E-state index contributed by atoms with van der Waals surface area (Å²) in [5, 5.41) is 0. The molecule has 0 fully saturated rings. The number of halogens is 2. The molecule has 1 rings (SSSR count). The van der Waals surface area contributed by atoms with Gasteiger partial charge in [-0.1, -0.05) is 19.9 Å². The highest BCUT2D eigenvalue weighted by atomic mass is 79.9. The molecule has 0 spiro atoms. The Bertz CT molecular complexity index is 561. The molecule has 0 aliphatic rings. The van der Waals surface area contributed by atoms with Crippen molar-refractivity contribution in [2.24, 2.45) is 11.1 Å². The molecule has 116 valence electrons. The van der Waals surface area contributed by atoms with Crippen molar-refractivity contribution in [2.45, 2.75) is 25.7 Å². The molecule has 0 unspecified atom stereocenters. The van der Waals surface area contributed by atoms with Crippen molar-refractivity contribution in [1.29, 1.82) is 0 Å². The summed E-state index contributed by atoms with van der Waals surface area (Å²) in [7, 11) is -1.92. The highest BCUT2D eigenvalue weighted by Gasteiger charge is 2.28. The molecule has 0 saturated heterocycles. The van der Waals surface area contributed by atoms with Crippen LogP contribution in [0.25, 0.3) is 0 Å². The van der Waals surface area contributed by atoms with Gasteiger partial charge in [0.2, 0.25) is 10.0 Å². The van der Waals surface area contributed by atoms with Crippen LogP contribution in [0.2, 0.25) is 0 Å². The molecule has 0 amide bonds. The second kappa shape index (κ2) is 7.22. The highest BCUT2D eigenvalue weighted by molar-refractivity contribution is 9.10. The number of nitrogens with two attached hydrogens (primary N) is 1. The second-order valence-electron chi connectivity index (χ2n) is 5.56. The summed E-state index contributed by atoms with van der Waals surface area (Å²) in [6.07, 6.45) is 0. The predicted octanol–water partition coefficient (Wildman–Crippen LogP) is 2.78. The van der Waals surface area contributed by atoms with Crippen LogP contribution in [0.1, 0.15) is 19.4 Å². The van der Waals surface area contributed by atoms with Gasteiger partial charge in [-0.3, -0.25) is 0 Å². The maximum Gasteiger partial charge on any atom is 0.243 e. The van der Waals surface area contributed by atoms with Crippen LogP contribution in [-0.2, 0) is 10.0 Å². The van der Waals surface area contributed by atoms with E-state index < -0.39 is 10.0 Å². The minimum absolute atomic E-state index is 0. The molecule has 0 aliphatic heterocycles. The molecule has 0 radical (unpaired) electrons. The first kappa shape index (κ1) is 19.9. The van der Waals surface area contributed by atoms with E-state index in [1.807, 2.05) is 20.8 Å². The molecule has 0 aliphatic carbocycles. The van der Waals surface area contributed by atoms with Crippen molar-refractivity contribution < 1.29 is 8.42 Å². The topological polar surface area (TPSA) is 63.4 Å². The fraction of sp³-hybridized carbons (Fsp3) is 0.538. The largest absolute Gasteiger partial charge is 0.330 e. The van der Waals surface area contributed by atoms with Gasteiger partial charge in [-0.2, -0.15) is 0 Å². The summed E-state index contributed by atoms with van der Waals surface area (Å²) in [5.74, 6) is 0. The Morgan fingerprint density at radius 3 is 2.35 bits per heavy atom. The molecule has 1 aromatic rings. The molecule has 20 heavy (non-hydrogen) atoms. The standard InChI is InChI=1S/C13H21BrN2O2S.ClH/c1-10-5-6-12(11(14)7-10)19(17,18)16(4)9-13(2,3)8-15;/h5-7H,8-9,15H2,1-4H3;1H. The summed E-state index contributed by atoms with van der Waals surface area (Å²) < 4.78 is 27.0. The molecule has 2 N–H and O–H groups in total. The van der Waals surface area contributed by atoms with Crippen LogP contribution in [-0.4, -0.2) is 32.9 Å². The smallest absolute Gasteiger partial charge is 0.243 e.